The maximum Gasteiger partial charge on any atom is 0.228 e. The fraction of sp³-hybridized carbons (Fsp3) is 0.500. The van der Waals surface area contributed by atoms with Crippen molar-refractivity contribution in [1.29, 1.82) is 0 Å². The first-order valence-corrected chi connectivity index (χ1v) is 9.21. The molecular weight excluding hydrogens is 326 g/mol. The molecule has 1 N–H and O–H groups in total. The van der Waals surface area contributed by atoms with Crippen molar-refractivity contribution < 1.29 is 4.79 Å². The number of benzene rings is 1. The Balaban J connectivity index is 1.54. The van der Waals surface area contributed by atoms with Gasteiger partial charge in [-0.05, 0) is 38.6 Å². The third-order valence-electron chi connectivity index (χ3n) is 5.24. The van der Waals surface area contributed by atoms with Crippen LogP contribution in [0.25, 0.3) is 0 Å². The highest BCUT2D eigenvalue weighted by atomic mass is 16.1. The predicted molar refractivity (Wildman–Crippen MR) is 104 cm³/mol. The smallest absolute Gasteiger partial charge is 0.228 e. The number of carbonyl (C=O) groups is 1. The van der Waals surface area contributed by atoms with Crippen LogP contribution in [0, 0.1) is 13.8 Å². The van der Waals surface area contributed by atoms with Gasteiger partial charge in [0.2, 0.25) is 5.91 Å². The minimum absolute atomic E-state index is 0.00369. The number of piperazine rings is 1. The van der Waals surface area contributed by atoms with Gasteiger partial charge in [-0.15, -0.1) is 0 Å². The van der Waals surface area contributed by atoms with Gasteiger partial charge in [0.15, 0.2) is 0 Å². The molecule has 26 heavy (non-hydrogen) atoms. The Morgan fingerprint density at radius 2 is 1.73 bits per heavy atom. The number of hydrogen-bond acceptors (Lipinski definition) is 4. The Morgan fingerprint density at radius 1 is 1.08 bits per heavy atom. The van der Waals surface area contributed by atoms with E-state index >= 15 is 0 Å². The summed E-state index contributed by atoms with van der Waals surface area (Å²) in [5.41, 5.74) is 5.10. The van der Waals surface area contributed by atoms with Gasteiger partial charge in [-0.1, -0.05) is 12.1 Å². The minimum atomic E-state index is -0.00369. The van der Waals surface area contributed by atoms with E-state index in [4.69, 9.17) is 0 Å². The first kappa shape index (κ1) is 18.6. The molecule has 0 bridgehead atoms. The number of amides is 1. The van der Waals surface area contributed by atoms with E-state index in [0.717, 1.165) is 55.4 Å². The maximum absolute atomic E-state index is 12.4. The van der Waals surface area contributed by atoms with Crippen LogP contribution in [0.4, 0.5) is 5.69 Å². The number of carbonyl (C=O) groups excluding carboxylic acids is 1. The lowest BCUT2D eigenvalue weighted by atomic mass is 10.1. The van der Waals surface area contributed by atoms with Crippen LogP contribution in [-0.2, 0) is 24.8 Å². The molecule has 6 nitrogen and oxygen atoms in total. The normalized spacial score (nSPS) is 16.0. The van der Waals surface area contributed by atoms with Gasteiger partial charge in [0.1, 0.15) is 0 Å². The van der Waals surface area contributed by atoms with Crippen molar-refractivity contribution in [2.45, 2.75) is 26.8 Å². The molecule has 0 radical (unpaired) electrons. The molecule has 1 fully saturated rings. The number of aryl methyl sites for hydroxylation is 2. The summed E-state index contributed by atoms with van der Waals surface area (Å²) in [5.74, 6) is -0.00369. The van der Waals surface area contributed by atoms with Gasteiger partial charge >= 0.3 is 0 Å². The number of aromatic nitrogens is 2. The number of nitrogens with one attached hydrogen (secondary N) is 1. The van der Waals surface area contributed by atoms with Crippen LogP contribution in [0.15, 0.2) is 24.3 Å². The second-order valence-electron chi connectivity index (χ2n) is 7.27. The third kappa shape index (κ3) is 4.51. The number of anilines is 1. The second kappa shape index (κ2) is 8.01. The third-order valence-corrected chi connectivity index (χ3v) is 5.24. The highest BCUT2D eigenvalue weighted by Gasteiger charge is 2.15. The van der Waals surface area contributed by atoms with Gasteiger partial charge in [-0.2, -0.15) is 5.10 Å². The molecule has 1 amide bonds. The van der Waals surface area contributed by atoms with Crippen LogP contribution in [0.1, 0.15) is 22.5 Å². The van der Waals surface area contributed by atoms with Crippen molar-refractivity contribution in [2.75, 3.05) is 38.5 Å². The lowest BCUT2D eigenvalue weighted by Crippen LogP contribution is -2.43. The van der Waals surface area contributed by atoms with E-state index in [0.29, 0.717) is 6.42 Å². The van der Waals surface area contributed by atoms with Gasteiger partial charge in [-0.3, -0.25) is 14.4 Å². The Kier molecular flexibility index (Phi) is 5.74. The van der Waals surface area contributed by atoms with Crippen molar-refractivity contribution >= 4 is 11.6 Å². The van der Waals surface area contributed by atoms with Crippen LogP contribution >= 0.6 is 0 Å². The van der Waals surface area contributed by atoms with E-state index < -0.39 is 0 Å². The molecule has 6 heteroatoms. The monoisotopic (exact) mass is 355 g/mol. The maximum atomic E-state index is 12.4. The van der Waals surface area contributed by atoms with E-state index in [9.17, 15) is 4.79 Å². The lowest BCUT2D eigenvalue weighted by Gasteiger charge is -2.32. The van der Waals surface area contributed by atoms with Crippen LogP contribution in [0.2, 0.25) is 0 Å². The summed E-state index contributed by atoms with van der Waals surface area (Å²) in [6.45, 7) is 9.38. The van der Waals surface area contributed by atoms with Gasteiger partial charge in [0.05, 0.1) is 12.1 Å². The van der Waals surface area contributed by atoms with Crippen LogP contribution < -0.4 is 5.32 Å². The number of hydrogen-bond donors (Lipinski definition) is 1. The van der Waals surface area contributed by atoms with Crippen molar-refractivity contribution in [3.63, 3.8) is 0 Å². The Hall–Kier alpha value is -2.18. The summed E-state index contributed by atoms with van der Waals surface area (Å²) >= 11 is 0. The summed E-state index contributed by atoms with van der Waals surface area (Å²) in [7, 11) is 4.08. The summed E-state index contributed by atoms with van der Waals surface area (Å²) in [5, 5.41) is 7.37. The number of likely N-dealkylation sites (N-methyl/N-ethyl adjacent to an activating group) is 1. The van der Waals surface area contributed by atoms with Crippen molar-refractivity contribution in [3.8, 4) is 0 Å². The van der Waals surface area contributed by atoms with Crippen LogP contribution in [0.3, 0.4) is 0 Å². The Labute approximate surface area is 155 Å². The first-order chi connectivity index (χ1) is 12.4. The number of nitrogens with zero attached hydrogens (tertiary/aromatic N) is 4. The molecule has 1 aliphatic heterocycles. The molecule has 1 aromatic heterocycles. The SMILES string of the molecule is Cc1nn(C)c(C)c1CC(=O)Nc1ccc(CN2CCN(C)CC2)cc1. The molecule has 1 saturated heterocycles. The quantitative estimate of drug-likeness (QED) is 0.891. The molecular formula is C20H29N5O. The average Bonchev–Trinajstić information content (AvgIpc) is 2.85. The Morgan fingerprint density at radius 3 is 2.31 bits per heavy atom. The molecule has 0 unspecified atom stereocenters. The number of rotatable bonds is 5. The Bertz CT molecular complexity index is 757. The van der Waals surface area contributed by atoms with E-state index in [2.05, 4.69) is 39.4 Å². The minimum Gasteiger partial charge on any atom is -0.326 e. The molecule has 140 valence electrons. The van der Waals surface area contributed by atoms with E-state index in [1.165, 1.54) is 5.56 Å². The second-order valence-corrected chi connectivity index (χ2v) is 7.27. The molecule has 0 atom stereocenters. The van der Waals surface area contributed by atoms with Gasteiger partial charge in [0, 0.05) is 56.7 Å². The topological polar surface area (TPSA) is 53.4 Å². The zero-order valence-corrected chi connectivity index (χ0v) is 16.2. The highest BCUT2D eigenvalue weighted by Crippen LogP contribution is 2.16. The van der Waals surface area contributed by atoms with Crippen molar-refractivity contribution in [2.24, 2.45) is 7.05 Å². The van der Waals surface area contributed by atoms with Crippen molar-refractivity contribution in [1.82, 2.24) is 19.6 Å². The average molecular weight is 355 g/mol. The molecule has 1 aromatic carbocycles. The summed E-state index contributed by atoms with van der Waals surface area (Å²) in [6.07, 6.45) is 0.356. The van der Waals surface area contributed by atoms with Crippen LogP contribution in [-0.4, -0.2) is 58.7 Å². The molecule has 3 rings (SSSR count). The molecule has 1 aliphatic rings. The molecule has 0 aliphatic carbocycles. The van der Waals surface area contributed by atoms with E-state index in [-0.39, 0.29) is 5.91 Å². The molecule has 2 aromatic rings. The fourth-order valence-electron chi connectivity index (χ4n) is 3.40. The van der Waals surface area contributed by atoms with Gasteiger partial charge in [-0.25, -0.2) is 0 Å². The van der Waals surface area contributed by atoms with Crippen LogP contribution in [0.5, 0.6) is 0 Å². The molecule has 0 saturated carbocycles. The first-order valence-electron chi connectivity index (χ1n) is 9.21. The summed E-state index contributed by atoms with van der Waals surface area (Å²) < 4.78 is 1.82. The van der Waals surface area contributed by atoms with Gasteiger partial charge in [0.25, 0.3) is 0 Å². The predicted octanol–water partition coefficient (Wildman–Crippen LogP) is 1.97. The zero-order chi connectivity index (χ0) is 18.7. The molecule has 0 spiro atoms. The summed E-state index contributed by atoms with van der Waals surface area (Å²) in [4.78, 5) is 17.2. The van der Waals surface area contributed by atoms with E-state index in [1.54, 1.807) is 0 Å². The summed E-state index contributed by atoms with van der Waals surface area (Å²) in [6, 6.07) is 8.20. The van der Waals surface area contributed by atoms with Crippen molar-refractivity contribution in [3.05, 3.63) is 46.8 Å². The van der Waals surface area contributed by atoms with Gasteiger partial charge < -0.3 is 10.2 Å². The largest absolute Gasteiger partial charge is 0.326 e. The zero-order valence-electron chi connectivity index (χ0n) is 16.2. The fourth-order valence-corrected chi connectivity index (χ4v) is 3.40. The standard InChI is InChI=1S/C20H29N5O/c1-15-19(16(2)24(4)22-15)13-20(26)21-18-7-5-17(6-8-18)14-25-11-9-23(3)10-12-25/h5-8H,9-14H2,1-4H3,(H,21,26). The highest BCUT2D eigenvalue weighted by molar-refractivity contribution is 5.92. The van der Waals surface area contributed by atoms with E-state index in [1.807, 2.05) is 37.7 Å². The lowest BCUT2D eigenvalue weighted by molar-refractivity contribution is -0.115. The molecule has 2 heterocycles.